The third kappa shape index (κ3) is 3.13. The molecule has 34 heavy (non-hydrogen) atoms. The fraction of sp³-hybridized carbons (Fsp3) is 0.0690. The first-order valence-corrected chi connectivity index (χ1v) is 11.2. The van der Waals surface area contributed by atoms with Gasteiger partial charge < -0.3 is 4.90 Å². The Hall–Kier alpha value is -4.51. The molecule has 0 radical (unpaired) electrons. The number of fused-ring (bicyclic) bond motifs is 4. The van der Waals surface area contributed by atoms with Gasteiger partial charge in [0.1, 0.15) is 0 Å². The topological polar surface area (TPSA) is 55.2 Å². The van der Waals surface area contributed by atoms with E-state index in [1.54, 1.807) is 21.7 Å². The molecule has 0 N–H and O–H groups in total. The average molecular weight is 444 g/mol. The summed E-state index contributed by atoms with van der Waals surface area (Å²) in [4.78, 5) is 32.0. The minimum absolute atomic E-state index is 0.135. The lowest BCUT2D eigenvalue weighted by Gasteiger charge is -2.18. The van der Waals surface area contributed by atoms with Crippen molar-refractivity contribution < 1.29 is 4.79 Å². The number of amides is 1. The maximum Gasteiger partial charge on any atom is 0.255 e. The summed E-state index contributed by atoms with van der Waals surface area (Å²) in [7, 11) is 0. The highest BCUT2D eigenvalue weighted by Crippen LogP contribution is 2.33. The lowest BCUT2D eigenvalue weighted by Crippen LogP contribution is -2.27. The Balaban J connectivity index is 1.63. The number of pyridine rings is 2. The summed E-state index contributed by atoms with van der Waals surface area (Å²) >= 11 is 0. The van der Waals surface area contributed by atoms with Crippen LogP contribution < -0.4 is 10.5 Å². The minimum atomic E-state index is -0.136. The second-order valence-electron chi connectivity index (χ2n) is 8.42. The smallest absolute Gasteiger partial charge is 0.255 e. The van der Waals surface area contributed by atoms with Gasteiger partial charge in [0.25, 0.3) is 5.56 Å². The van der Waals surface area contributed by atoms with E-state index in [1.165, 1.54) is 6.08 Å². The Labute approximate surface area is 196 Å². The number of hydrogen-bond acceptors (Lipinski definition) is 3. The monoisotopic (exact) mass is 443 g/mol. The maximum absolute atomic E-state index is 13.2. The number of anilines is 1. The van der Waals surface area contributed by atoms with Crippen molar-refractivity contribution in [3.63, 3.8) is 0 Å². The van der Waals surface area contributed by atoms with Crippen LogP contribution in [0.5, 0.6) is 0 Å². The number of nitrogens with zero attached hydrogens (tertiary/aromatic N) is 3. The highest BCUT2D eigenvalue weighted by molar-refractivity contribution is 6.06. The van der Waals surface area contributed by atoms with Gasteiger partial charge in [0.2, 0.25) is 5.91 Å². The molecule has 0 saturated heterocycles. The van der Waals surface area contributed by atoms with Gasteiger partial charge in [0.05, 0.1) is 16.7 Å². The van der Waals surface area contributed by atoms with E-state index in [9.17, 15) is 9.59 Å². The molecule has 1 aliphatic rings. The van der Waals surface area contributed by atoms with Crippen LogP contribution in [0.1, 0.15) is 5.56 Å². The molecule has 1 amide bonds. The summed E-state index contributed by atoms with van der Waals surface area (Å²) in [5.74, 6) is -0.136. The normalized spacial score (nSPS) is 12.8. The third-order valence-corrected chi connectivity index (χ3v) is 6.49. The first-order chi connectivity index (χ1) is 16.6. The Morgan fingerprint density at radius 2 is 1.79 bits per heavy atom. The van der Waals surface area contributed by atoms with Crippen LogP contribution in [0.25, 0.3) is 38.6 Å². The third-order valence-electron chi connectivity index (χ3n) is 6.49. The van der Waals surface area contributed by atoms with Crippen LogP contribution in [0.4, 0.5) is 5.69 Å². The molecule has 5 nitrogen and oxygen atoms in total. The zero-order valence-corrected chi connectivity index (χ0v) is 18.4. The van der Waals surface area contributed by atoms with Gasteiger partial charge in [-0.25, -0.2) is 0 Å². The fourth-order valence-electron chi connectivity index (χ4n) is 4.82. The molecule has 5 heteroatoms. The number of benzene rings is 3. The number of carbonyl (C=O) groups is 1. The zero-order chi connectivity index (χ0) is 23.2. The fourth-order valence-corrected chi connectivity index (χ4v) is 4.82. The van der Waals surface area contributed by atoms with Crippen LogP contribution in [0.3, 0.4) is 0 Å². The summed E-state index contributed by atoms with van der Waals surface area (Å²) in [6, 6.07) is 25.6. The Morgan fingerprint density at radius 3 is 2.62 bits per heavy atom. The van der Waals surface area contributed by atoms with Crippen molar-refractivity contribution in [1.82, 2.24) is 9.55 Å². The van der Waals surface area contributed by atoms with Crippen molar-refractivity contribution in [1.29, 1.82) is 0 Å². The van der Waals surface area contributed by atoms with Gasteiger partial charge in [-0.1, -0.05) is 49.0 Å². The molecule has 3 aromatic carbocycles. The number of hydrogen-bond donors (Lipinski definition) is 0. The second kappa shape index (κ2) is 7.81. The molecular formula is C29H21N3O2. The van der Waals surface area contributed by atoms with E-state index < -0.39 is 0 Å². The van der Waals surface area contributed by atoms with Crippen LogP contribution >= 0.6 is 0 Å². The summed E-state index contributed by atoms with van der Waals surface area (Å²) in [5.41, 5.74) is 6.27. The molecule has 3 heterocycles. The van der Waals surface area contributed by atoms with Crippen LogP contribution in [-0.2, 0) is 11.2 Å². The minimum Gasteiger partial charge on any atom is -0.308 e. The van der Waals surface area contributed by atoms with Crippen molar-refractivity contribution in [3.8, 4) is 16.8 Å². The average Bonchev–Trinajstić information content (AvgIpc) is 3.31. The first-order valence-electron chi connectivity index (χ1n) is 11.2. The molecule has 0 spiro atoms. The molecule has 0 aliphatic carbocycles. The quantitative estimate of drug-likeness (QED) is 0.282. The van der Waals surface area contributed by atoms with Crippen molar-refractivity contribution in [2.75, 3.05) is 11.4 Å². The van der Waals surface area contributed by atoms with Crippen LogP contribution in [-0.4, -0.2) is 22.0 Å². The van der Waals surface area contributed by atoms with Crippen LogP contribution in [0.2, 0.25) is 0 Å². The van der Waals surface area contributed by atoms with Crippen molar-refractivity contribution in [3.05, 3.63) is 114 Å². The molecule has 164 valence electrons. The number of aromatic nitrogens is 2. The first kappa shape index (κ1) is 20.1. The maximum atomic E-state index is 13.2. The lowest BCUT2D eigenvalue weighted by molar-refractivity contribution is -0.114. The summed E-state index contributed by atoms with van der Waals surface area (Å²) in [5, 5.41) is 1.77. The summed E-state index contributed by atoms with van der Waals surface area (Å²) in [6.07, 6.45) is 3.92. The summed E-state index contributed by atoms with van der Waals surface area (Å²) in [6.45, 7) is 4.24. The zero-order valence-electron chi connectivity index (χ0n) is 18.4. The van der Waals surface area contributed by atoms with Gasteiger partial charge in [-0.05, 0) is 59.5 Å². The van der Waals surface area contributed by atoms with Crippen LogP contribution in [0, 0.1) is 0 Å². The second-order valence-corrected chi connectivity index (χ2v) is 8.42. The molecule has 0 saturated carbocycles. The highest BCUT2D eigenvalue weighted by atomic mass is 16.2. The number of rotatable bonds is 3. The Bertz CT molecular complexity index is 1670. The van der Waals surface area contributed by atoms with E-state index in [0.29, 0.717) is 6.54 Å². The Kier molecular flexibility index (Phi) is 4.62. The molecule has 0 atom stereocenters. The standard InChI is InChI=1S/C29H21N3O2/c1-2-27(33)31-15-14-20-8-11-23(17-26(20)31)32-28(34)13-10-22-18-30-25-12-9-21(16-24(25)29(22)32)19-6-4-3-5-7-19/h2-13,16-18H,1,14-15H2. The Morgan fingerprint density at radius 1 is 0.941 bits per heavy atom. The van der Waals surface area contributed by atoms with Crippen molar-refractivity contribution in [2.45, 2.75) is 6.42 Å². The number of carbonyl (C=O) groups excluding carboxylic acids is 1. The van der Waals surface area contributed by atoms with E-state index >= 15 is 0 Å². The summed E-state index contributed by atoms with van der Waals surface area (Å²) < 4.78 is 1.73. The van der Waals surface area contributed by atoms with E-state index in [0.717, 1.165) is 56.3 Å². The van der Waals surface area contributed by atoms with E-state index in [4.69, 9.17) is 0 Å². The van der Waals surface area contributed by atoms with Gasteiger partial charge in [-0.3, -0.25) is 19.1 Å². The molecule has 1 aliphatic heterocycles. The molecule has 0 unspecified atom stereocenters. The lowest BCUT2D eigenvalue weighted by atomic mass is 10.0. The molecule has 0 fully saturated rings. The highest BCUT2D eigenvalue weighted by Gasteiger charge is 2.24. The molecule has 0 bridgehead atoms. The van der Waals surface area contributed by atoms with Gasteiger partial charge in [0.15, 0.2) is 0 Å². The van der Waals surface area contributed by atoms with E-state index in [1.807, 2.05) is 48.5 Å². The van der Waals surface area contributed by atoms with E-state index in [2.05, 4.69) is 35.8 Å². The van der Waals surface area contributed by atoms with Gasteiger partial charge in [0, 0.05) is 35.3 Å². The van der Waals surface area contributed by atoms with Gasteiger partial charge >= 0.3 is 0 Å². The van der Waals surface area contributed by atoms with E-state index in [-0.39, 0.29) is 11.5 Å². The van der Waals surface area contributed by atoms with Gasteiger partial charge in [-0.15, -0.1) is 0 Å². The van der Waals surface area contributed by atoms with Gasteiger partial charge in [-0.2, -0.15) is 0 Å². The largest absolute Gasteiger partial charge is 0.308 e. The predicted molar refractivity (Wildman–Crippen MR) is 137 cm³/mol. The van der Waals surface area contributed by atoms with Crippen molar-refractivity contribution >= 4 is 33.4 Å². The van der Waals surface area contributed by atoms with Crippen LogP contribution in [0.15, 0.2) is 103 Å². The van der Waals surface area contributed by atoms with Crippen molar-refractivity contribution in [2.24, 2.45) is 0 Å². The SMILES string of the molecule is C=CC(=O)N1CCc2ccc(-n3c(=O)ccc4cnc5ccc(-c6ccccc6)cc5c43)cc21. The molecule has 5 aromatic rings. The predicted octanol–water partition coefficient (Wildman–Crippen LogP) is 5.28. The molecule has 2 aromatic heterocycles. The molecule has 6 rings (SSSR count). The molecular weight excluding hydrogens is 422 g/mol.